The molecule has 0 spiro atoms. The highest BCUT2D eigenvalue weighted by Crippen LogP contribution is 2.41. The quantitative estimate of drug-likeness (QED) is 0.491. The zero-order valence-electron chi connectivity index (χ0n) is 9.98. The lowest BCUT2D eigenvalue weighted by atomic mass is 9.96. The van der Waals surface area contributed by atoms with Crippen LogP contribution in [0.5, 0.6) is 11.5 Å². The Bertz CT molecular complexity index is 661. The van der Waals surface area contributed by atoms with Gasteiger partial charge in [0.15, 0.2) is 16.4 Å². The largest absolute Gasteiger partial charge is 0.505 e. The molecule has 0 fully saturated rings. The van der Waals surface area contributed by atoms with E-state index in [4.69, 9.17) is 14.8 Å². The molecule has 20 heavy (non-hydrogen) atoms. The molecule has 0 radical (unpaired) electrons. The van der Waals surface area contributed by atoms with Crippen LogP contribution in [0.2, 0.25) is 0 Å². The fourth-order valence-electron chi connectivity index (χ4n) is 1.81. The van der Waals surface area contributed by atoms with Gasteiger partial charge in [-0.15, -0.1) is 0 Å². The molecular formula is C10H10O9S. The average Bonchev–Trinajstić information content (AvgIpc) is 2.24. The van der Waals surface area contributed by atoms with Gasteiger partial charge in [0.1, 0.15) is 11.1 Å². The lowest BCUT2D eigenvalue weighted by Crippen LogP contribution is -2.14. The Kier molecular flexibility index (Phi) is 3.92. The van der Waals surface area contributed by atoms with Crippen LogP contribution in [-0.2, 0) is 16.5 Å². The van der Waals surface area contributed by atoms with Gasteiger partial charge >= 0.3 is 22.1 Å². The van der Waals surface area contributed by atoms with Crippen molar-refractivity contribution in [3.05, 3.63) is 16.7 Å². The van der Waals surface area contributed by atoms with Crippen molar-refractivity contribution < 1.29 is 43.0 Å². The van der Waals surface area contributed by atoms with Gasteiger partial charge in [-0.2, -0.15) is 8.42 Å². The summed E-state index contributed by atoms with van der Waals surface area (Å²) in [6.45, 7) is 1.35. The number of aromatic hydroxyl groups is 2. The Morgan fingerprint density at radius 3 is 1.55 bits per heavy atom. The first kappa shape index (κ1) is 15.7. The Hall–Kier alpha value is -2.33. The van der Waals surface area contributed by atoms with Gasteiger partial charge in [0.05, 0.1) is 0 Å². The van der Waals surface area contributed by atoms with E-state index >= 15 is 0 Å². The monoisotopic (exact) mass is 306 g/mol. The number of benzene rings is 1. The average molecular weight is 306 g/mol. The predicted octanol–water partition coefficient (Wildman–Crippen LogP) is 0.303. The molecule has 1 aromatic carbocycles. The van der Waals surface area contributed by atoms with E-state index in [-0.39, 0.29) is 6.42 Å². The summed E-state index contributed by atoms with van der Waals surface area (Å²) < 4.78 is 31.0. The molecule has 0 unspecified atom stereocenters. The third kappa shape index (κ3) is 2.38. The van der Waals surface area contributed by atoms with Gasteiger partial charge in [-0.3, -0.25) is 4.55 Å². The molecule has 9 nitrogen and oxygen atoms in total. The molecule has 0 bridgehead atoms. The SMILES string of the molecule is CCc1c(C(=O)O)c(O)c(S(=O)(=O)O)c(O)c1C(=O)O. The highest BCUT2D eigenvalue weighted by molar-refractivity contribution is 7.86. The Morgan fingerprint density at radius 2 is 1.35 bits per heavy atom. The molecule has 0 aliphatic carbocycles. The van der Waals surface area contributed by atoms with Gasteiger partial charge in [0, 0.05) is 0 Å². The van der Waals surface area contributed by atoms with Gasteiger partial charge in [-0.1, -0.05) is 6.92 Å². The Morgan fingerprint density at radius 1 is 1.00 bits per heavy atom. The maximum Gasteiger partial charge on any atom is 0.339 e. The number of carbonyl (C=O) groups is 2. The van der Waals surface area contributed by atoms with E-state index in [0.717, 1.165) is 0 Å². The van der Waals surface area contributed by atoms with E-state index in [1.54, 1.807) is 0 Å². The second kappa shape index (κ2) is 4.98. The highest BCUT2D eigenvalue weighted by atomic mass is 32.2. The lowest BCUT2D eigenvalue weighted by Gasteiger charge is -2.15. The van der Waals surface area contributed by atoms with E-state index in [9.17, 15) is 28.2 Å². The summed E-state index contributed by atoms with van der Waals surface area (Å²) >= 11 is 0. The second-order valence-corrected chi connectivity index (χ2v) is 5.05. The molecule has 0 heterocycles. The Balaban J connectivity index is 4.13. The van der Waals surface area contributed by atoms with Gasteiger partial charge in [0.2, 0.25) is 0 Å². The van der Waals surface area contributed by atoms with Crippen molar-refractivity contribution >= 4 is 22.1 Å². The van der Waals surface area contributed by atoms with Gasteiger partial charge in [-0.25, -0.2) is 9.59 Å². The minimum atomic E-state index is -5.23. The summed E-state index contributed by atoms with van der Waals surface area (Å²) in [5.74, 6) is -6.43. The zero-order chi connectivity index (χ0) is 15.8. The first-order valence-corrected chi connectivity index (χ1v) is 6.52. The molecule has 0 aliphatic rings. The van der Waals surface area contributed by atoms with E-state index in [1.807, 2.05) is 0 Å². The summed E-state index contributed by atoms with van der Waals surface area (Å²) in [7, 11) is -5.23. The Labute approximate surface area is 112 Å². The third-order valence-electron chi connectivity index (χ3n) is 2.55. The van der Waals surface area contributed by atoms with Crippen molar-refractivity contribution in [3.8, 4) is 11.5 Å². The third-order valence-corrected chi connectivity index (χ3v) is 3.45. The van der Waals surface area contributed by atoms with Crippen LogP contribution in [0.4, 0.5) is 0 Å². The molecule has 0 saturated heterocycles. The maximum absolute atomic E-state index is 11.1. The van der Waals surface area contributed by atoms with Crippen LogP contribution in [0.1, 0.15) is 33.2 Å². The molecule has 5 N–H and O–H groups in total. The molecule has 1 rings (SSSR count). The van der Waals surface area contributed by atoms with E-state index in [0.29, 0.717) is 0 Å². The van der Waals surface area contributed by atoms with Crippen LogP contribution in [-0.4, -0.2) is 45.3 Å². The molecule has 0 saturated carbocycles. The van der Waals surface area contributed by atoms with Crippen LogP contribution in [0.15, 0.2) is 4.90 Å². The van der Waals surface area contributed by atoms with Crippen LogP contribution in [0.3, 0.4) is 0 Å². The predicted molar refractivity (Wildman–Crippen MR) is 62.9 cm³/mol. The van der Waals surface area contributed by atoms with Crippen molar-refractivity contribution in [1.82, 2.24) is 0 Å². The smallest absolute Gasteiger partial charge is 0.339 e. The summed E-state index contributed by atoms with van der Waals surface area (Å²) in [5, 5.41) is 37.1. The number of aromatic carboxylic acids is 2. The molecule has 0 amide bonds. The van der Waals surface area contributed by atoms with Crippen LogP contribution in [0, 0.1) is 0 Å². The van der Waals surface area contributed by atoms with Crippen molar-refractivity contribution in [2.75, 3.05) is 0 Å². The van der Waals surface area contributed by atoms with Crippen LogP contribution in [0.25, 0.3) is 0 Å². The van der Waals surface area contributed by atoms with Crippen molar-refractivity contribution in [1.29, 1.82) is 0 Å². The molecule has 0 aromatic heterocycles. The number of hydrogen-bond donors (Lipinski definition) is 5. The number of carboxylic acid groups (broad SMARTS) is 2. The van der Waals surface area contributed by atoms with E-state index in [2.05, 4.69) is 0 Å². The fourth-order valence-corrected chi connectivity index (χ4v) is 2.50. The minimum absolute atomic E-state index is 0.212. The summed E-state index contributed by atoms with van der Waals surface area (Å²) in [6.07, 6.45) is -0.212. The number of carboxylic acids is 2. The first-order chi connectivity index (χ1) is 9.03. The van der Waals surface area contributed by atoms with E-state index in [1.165, 1.54) is 6.92 Å². The van der Waals surface area contributed by atoms with Crippen molar-refractivity contribution in [2.45, 2.75) is 18.2 Å². The molecule has 1 aromatic rings. The summed E-state index contributed by atoms with van der Waals surface area (Å²) in [5.41, 5.74) is -2.47. The molecule has 0 aliphatic heterocycles. The summed E-state index contributed by atoms with van der Waals surface area (Å²) in [6, 6.07) is 0. The topological polar surface area (TPSA) is 169 Å². The van der Waals surface area contributed by atoms with Crippen LogP contribution >= 0.6 is 0 Å². The molecule has 10 heteroatoms. The normalized spacial score (nSPS) is 11.3. The van der Waals surface area contributed by atoms with Crippen molar-refractivity contribution in [3.63, 3.8) is 0 Å². The second-order valence-electron chi connectivity index (χ2n) is 3.69. The zero-order valence-corrected chi connectivity index (χ0v) is 10.8. The van der Waals surface area contributed by atoms with Crippen LogP contribution < -0.4 is 0 Å². The standard InChI is InChI=1S/C10H10O9S/c1-2-3-4(9(13)14)6(11)8(20(17,18)19)7(12)5(3)10(15)16/h11-12H,2H2,1H3,(H,13,14)(H,15,16)(H,17,18,19). The van der Waals surface area contributed by atoms with Gasteiger partial charge in [0.25, 0.3) is 0 Å². The number of hydrogen-bond acceptors (Lipinski definition) is 6. The first-order valence-electron chi connectivity index (χ1n) is 5.08. The fraction of sp³-hybridized carbons (Fsp3) is 0.200. The van der Waals surface area contributed by atoms with E-state index < -0.39 is 55.1 Å². The highest BCUT2D eigenvalue weighted by Gasteiger charge is 2.34. The summed E-state index contributed by atoms with van der Waals surface area (Å²) in [4.78, 5) is 20.6. The lowest BCUT2D eigenvalue weighted by molar-refractivity contribution is 0.0690. The number of rotatable bonds is 4. The van der Waals surface area contributed by atoms with Gasteiger partial charge in [-0.05, 0) is 12.0 Å². The molecule has 110 valence electrons. The van der Waals surface area contributed by atoms with Crippen molar-refractivity contribution in [2.24, 2.45) is 0 Å². The number of phenols is 2. The van der Waals surface area contributed by atoms with Gasteiger partial charge < -0.3 is 20.4 Å². The minimum Gasteiger partial charge on any atom is -0.505 e. The molecule has 0 atom stereocenters. The maximum atomic E-state index is 11.1. The molecular weight excluding hydrogens is 296 g/mol.